The van der Waals surface area contributed by atoms with E-state index in [0.717, 1.165) is 21.3 Å². The molecule has 0 aliphatic heterocycles. The summed E-state index contributed by atoms with van der Waals surface area (Å²) in [4.78, 5) is 49.2. The predicted molar refractivity (Wildman–Crippen MR) is 109 cm³/mol. The number of aromatic nitrogens is 3. The summed E-state index contributed by atoms with van der Waals surface area (Å²) in [5.41, 5.74) is -2.77. The van der Waals surface area contributed by atoms with Crippen molar-refractivity contribution in [1.82, 2.24) is 13.7 Å². The van der Waals surface area contributed by atoms with E-state index in [1.54, 1.807) is 0 Å². The molecule has 0 saturated heterocycles. The smallest absolute Gasteiger partial charge is 0.347 e. The summed E-state index contributed by atoms with van der Waals surface area (Å²) in [6, 6.07) is 1.63. The topological polar surface area (TPSA) is 102 Å². The van der Waals surface area contributed by atoms with E-state index in [1.807, 2.05) is 0 Å². The third kappa shape index (κ3) is 4.63. The van der Waals surface area contributed by atoms with Crippen molar-refractivity contribution in [2.75, 3.05) is 12.5 Å². The molecule has 2 aromatic rings. The quantitative estimate of drug-likeness (QED) is 0.353. The molecule has 13 heteroatoms. The zero-order valence-electron chi connectivity index (χ0n) is 16.0. The fourth-order valence-electron chi connectivity index (χ4n) is 2.37. The SMILES string of the molecule is C[C@@H](OC(=O)c1cc(-n2c(=O)n(C)c(=S)n(C)c2=O)c(F)cc1Cl)C(=O)OCCCl. The molecule has 30 heavy (non-hydrogen) atoms. The highest BCUT2D eigenvalue weighted by atomic mass is 35.5. The van der Waals surface area contributed by atoms with E-state index in [9.17, 15) is 23.6 Å². The molecule has 0 radical (unpaired) electrons. The minimum atomic E-state index is -1.31. The standard InChI is InChI=1S/C17H16Cl2FN3O6S/c1-8(13(24)28-5-4-18)29-14(25)9-6-12(11(20)7-10(9)19)23-15(26)21(2)17(30)22(3)16(23)27/h6-8H,4-5H2,1-3H3/t8-/m1/s1. The normalized spacial score (nSPS) is 11.8. The second kappa shape index (κ2) is 9.54. The first kappa shape index (κ1) is 23.8. The number of ether oxygens (including phenoxy) is 2. The molecule has 0 bridgehead atoms. The van der Waals surface area contributed by atoms with Gasteiger partial charge < -0.3 is 9.47 Å². The van der Waals surface area contributed by atoms with Gasteiger partial charge in [0.15, 0.2) is 10.9 Å². The predicted octanol–water partition coefficient (Wildman–Crippen LogP) is 1.72. The van der Waals surface area contributed by atoms with E-state index in [1.165, 1.54) is 21.0 Å². The molecule has 1 heterocycles. The van der Waals surface area contributed by atoms with Crippen LogP contribution in [-0.2, 0) is 28.4 Å². The Balaban J connectivity index is 2.54. The van der Waals surface area contributed by atoms with Gasteiger partial charge in [-0.25, -0.2) is 28.1 Å². The van der Waals surface area contributed by atoms with Crippen LogP contribution in [0.1, 0.15) is 17.3 Å². The maximum atomic E-state index is 14.6. The molecular formula is C17H16Cl2FN3O6S. The maximum Gasteiger partial charge on any atom is 0.347 e. The number of hydrogen-bond acceptors (Lipinski definition) is 7. The monoisotopic (exact) mass is 479 g/mol. The van der Waals surface area contributed by atoms with E-state index in [-0.39, 0.29) is 27.8 Å². The van der Waals surface area contributed by atoms with Crippen LogP contribution >= 0.6 is 35.4 Å². The van der Waals surface area contributed by atoms with E-state index in [2.05, 4.69) is 0 Å². The van der Waals surface area contributed by atoms with Crippen molar-refractivity contribution in [3.63, 3.8) is 0 Å². The molecule has 162 valence electrons. The van der Waals surface area contributed by atoms with Gasteiger partial charge in [-0.05, 0) is 31.3 Å². The summed E-state index contributed by atoms with van der Waals surface area (Å²) < 4.78 is 26.6. The number of halogens is 3. The van der Waals surface area contributed by atoms with Gasteiger partial charge in [0.2, 0.25) is 0 Å². The van der Waals surface area contributed by atoms with Crippen LogP contribution in [0.5, 0.6) is 0 Å². The van der Waals surface area contributed by atoms with Crippen LogP contribution < -0.4 is 11.4 Å². The van der Waals surface area contributed by atoms with E-state index < -0.39 is 40.9 Å². The summed E-state index contributed by atoms with van der Waals surface area (Å²) in [7, 11) is 2.61. The van der Waals surface area contributed by atoms with Crippen LogP contribution in [0, 0.1) is 10.6 Å². The fraction of sp³-hybridized carbons (Fsp3) is 0.353. The number of benzene rings is 1. The van der Waals surface area contributed by atoms with Crippen LogP contribution in [0.25, 0.3) is 5.69 Å². The van der Waals surface area contributed by atoms with Crippen LogP contribution in [-0.4, -0.2) is 44.2 Å². The molecule has 9 nitrogen and oxygen atoms in total. The number of carbonyl (C=O) groups is 2. The van der Waals surface area contributed by atoms with Gasteiger partial charge in [-0.2, -0.15) is 0 Å². The third-order valence-corrected chi connectivity index (χ3v) is 4.98. The highest BCUT2D eigenvalue weighted by Crippen LogP contribution is 2.23. The lowest BCUT2D eigenvalue weighted by molar-refractivity contribution is -0.152. The highest BCUT2D eigenvalue weighted by molar-refractivity contribution is 7.71. The zero-order chi connectivity index (χ0) is 22.7. The lowest BCUT2D eigenvalue weighted by Crippen LogP contribution is -2.44. The van der Waals surface area contributed by atoms with Gasteiger partial charge in [0.1, 0.15) is 12.4 Å². The van der Waals surface area contributed by atoms with Gasteiger partial charge in [0.05, 0.1) is 22.2 Å². The van der Waals surface area contributed by atoms with Gasteiger partial charge in [-0.3, -0.25) is 9.13 Å². The first-order chi connectivity index (χ1) is 14.0. The summed E-state index contributed by atoms with van der Waals surface area (Å²) >= 11 is 16.3. The highest BCUT2D eigenvalue weighted by Gasteiger charge is 2.24. The van der Waals surface area contributed by atoms with Crippen molar-refractivity contribution in [3.8, 4) is 5.69 Å². The van der Waals surface area contributed by atoms with Gasteiger partial charge in [-0.1, -0.05) is 11.6 Å². The minimum Gasteiger partial charge on any atom is -0.462 e. The van der Waals surface area contributed by atoms with Gasteiger partial charge in [-0.15, -0.1) is 11.6 Å². The molecule has 2 rings (SSSR count). The second-order valence-electron chi connectivity index (χ2n) is 5.99. The molecule has 1 atom stereocenters. The van der Waals surface area contributed by atoms with E-state index in [0.29, 0.717) is 4.57 Å². The summed E-state index contributed by atoms with van der Waals surface area (Å²) in [5.74, 6) is -2.92. The average molecular weight is 480 g/mol. The van der Waals surface area contributed by atoms with Gasteiger partial charge >= 0.3 is 23.3 Å². The largest absolute Gasteiger partial charge is 0.462 e. The van der Waals surface area contributed by atoms with Crippen LogP contribution in [0.2, 0.25) is 5.02 Å². The molecule has 0 saturated carbocycles. The first-order valence-corrected chi connectivity index (χ1v) is 9.65. The lowest BCUT2D eigenvalue weighted by atomic mass is 10.2. The summed E-state index contributed by atoms with van der Waals surface area (Å²) in [5, 5.41) is -0.350. The Labute approximate surface area is 184 Å². The number of rotatable bonds is 6. The summed E-state index contributed by atoms with van der Waals surface area (Å²) in [6.07, 6.45) is -1.31. The maximum absolute atomic E-state index is 14.6. The van der Waals surface area contributed by atoms with Crippen molar-refractivity contribution < 1.29 is 23.5 Å². The molecule has 0 fully saturated rings. The van der Waals surface area contributed by atoms with Crippen LogP contribution in [0.15, 0.2) is 21.7 Å². The number of alkyl halides is 1. The molecule has 1 aromatic carbocycles. The molecular weight excluding hydrogens is 464 g/mol. The van der Waals surface area contributed by atoms with Gasteiger partial charge in [0.25, 0.3) is 0 Å². The van der Waals surface area contributed by atoms with Crippen molar-refractivity contribution in [2.45, 2.75) is 13.0 Å². The first-order valence-electron chi connectivity index (χ1n) is 8.33. The van der Waals surface area contributed by atoms with Crippen LogP contribution in [0.3, 0.4) is 0 Å². The molecule has 0 aliphatic rings. The molecule has 0 aliphatic carbocycles. The Morgan fingerprint density at radius 1 is 1.20 bits per heavy atom. The van der Waals surface area contributed by atoms with Crippen LogP contribution in [0.4, 0.5) is 4.39 Å². The molecule has 0 unspecified atom stereocenters. The lowest BCUT2D eigenvalue weighted by Gasteiger charge is -2.15. The third-order valence-electron chi connectivity index (χ3n) is 3.96. The number of hydrogen-bond donors (Lipinski definition) is 0. The minimum absolute atomic E-state index is 0.0593. The molecule has 0 amide bonds. The van der Waals surface area contributed by atoms with Crippen molar-refractivity contribution in [3.05, 3.63) is 54.3 Å². The Morgan fingerprint density at radius 3 is 2.30 bits per heavy atom. The zero-order valence-corrected chi connectivity index (χ0v) is 18.3. The molecule has 1 aromatic heterocycles. The Morgan fingerprint density at radius 2 is 1.77 bits per heavy atom. The van der Waals surface area contributed by atoms with Crippen molar-refractivity contribution in [2.24, 2.45) is 14.1 Å². The average Bonchev–Trinajstić information content (AvgIpc) is 2.70. The molecule has 0 N–H and O–H groups in total. The van der Waals surface area contributed by atoms with E-state index in [4.69, 9.17) is 44.9 Å². The molecule has 0 spiro atoms. The number of esters is 2. The van der Waals surface area contributed by atoms with Crippen molar-refractivity contribution >= 4 is 47.4 Å². The number of nitrogens with zero attached hydrogens (tertiary/aromatic N) is 3. The Hall–Kier alpha value is -2.50. The Kier molecular flexibility index (Phi) is 7.56. The second-order valence-corrected chi connectivity index (χ2v) is 7.14. The van der Waals surface area contributed by atoms with E-state index >= 15 is 0 Å². The number of carbonyl (C=O) groups excluding carboxylic acids is 2. The van der Waals surface area contributed by atoms with Gasteiger partial charge in [0, 0.05) is 14.1 Å². The Bertz CT molecular complexity index is 1150. The fourth-order valence-corrected chi connectivity index (χ4v) is 2.83. The summed E-state index contributed by atoms with van der Waals surface area (Å²) in [6.45, 7) is 1.18. The van der Waals surface area contributed by atoms with Crippen molar-refractivity contribution in [1.29, 1.82) is 0 Å².